The van der Waals surface area contributed by atoms with E-state index in [-0.39, 0.29) is 5.91 Å². The molecule has 0 saturated carbocycles. The van der Waals surface area contributed by atoms with Crippen LogP contribution in [0.15, 0.2) is 24.3 Å². The molecule has 4 rings (SSSR count). The van der Waals surface area contributed by atoms with Gasteiger partial charge in [0.25, 0.3) is 5.91 Å². The van der Waals surface area contributed by atoms with Crippen molar-refractivity contribution in [1.29, 1.82) is 0 Å². The van der Waals surface area contributed by atoms with Crippen molar-refractivity contribution in [2.75, 3.05) is 31.1 Å². The van der Waals surface area contributed by atoms with Gasteiger partial charge in [-0.1, -0.05) is 18.2 Å². The van der Waals surface area contributed by atoms with Gasteiger partial charge in [-0.25, -0.2) is 0 Å². The molecule has 1 fully saturated rings. The minimum Gasteiger partial charge on any atom is -0.369 e. The van der Waals surface area contributed by atoms with E-state index in [1.54, 1.807) is 0 Å². The molecule has 2 aromatic rings. The molecular weight excluding hydrogens is 324 g/mol. The molecule has 26 heavy (non-hydrogen) atoms. The van der Waals surface area contributed by atoms with Crippen molar-refractivity contribution in [3.63, 3.8) is 0 Å². The van der Waals surface area contributed by atoms with Gasteiger partial charge in [0.15, 0.2) is 0 Å². The number of carbonyl (C=O) groups is 1. The number of para-hydroxylation sites is 1. The molecule has 1 aromatic carbocycles. The van der Waals surface area contributed by atoms with Crippen LogP contribution in [0.1, 0.15) is 46.6 Å². The van der Waals surface area contributed by atoms with Crippen LogP contribution < -0.4 is 4.90 Å². The van der Waals surface area contributed by atoms with Crippen LogP contribution >= 0.6 is 0 Å². The van der Waals surface area contributed by atoms with Gasteiger partial charge < -0.3 is 9.80 Å². The van der Waals surface area contributed by atoms with Crippen LogP contribution in [-0.2, 0) is 19.9 Å². The molecule has 0 unspecified atom stereocenters. The molecule has 2 aliphatic rings. The van der Waals surface area contributed by atoms with E-state index in [9.17, 15) is 4.79 Å². The summed E-state index contributed by atoms with van der Waals surface area (Å²) in [5.74, 6) is 0.162. The largest absolute Gasteiger partial charge is 0.369 e. The first kappa shape index (κ1) is 17.1. The van der Waals surface area contributed by atoms with Gasteiger partial charge >= 0.3 is 0 Å². The van der Waals surface area contributed by atoms with E-state index < -0.39 is 0 Å². The summed E-state index contributed by atoms with van der Waals surface area (Å²) in [7, 11) is 1.92. The van der Waals surface area contributed by atoms with Crippen molar-refractivity contribution in [2.45, 2.75) is 39.0 Å². The van der Waals surface area contributed by atoms with Crippen LogP contribution in [0.5, 0.6) is 0 Å². The lowest BCUT2D eigenvalue weighted by atomic mass is 9.95. The normalized spacial score (nSPS) is 17.8. The maximum atomic E-state index is 13.3. The Morgan fingerprint density at radius 3 is 2.65 bits per heavy atom. The highest BCUT2D eigenvalue weighted by molar-refractivity contribution is 5.94. The molecule has 2 heterocycles. The van der Waals surface area contributed by atoms with Gasteiger partial charge in [-0.2, -0.15) is 5.10 Å². The van der Waals surface area contributed by atoms with Crippen LogP contribution in [0.2, 0.25) is 0 Å². The number of benzene rings is 1. The zero-order valence-electron chi connectivity index (χ0n) is 15.9. The third kappa shape index (κ3) is 3.11. The molecule has 0 bridgehead atoms. The lowest BCUT2D eigenvalue weighted by Crippen LogP contribution is -2.36. The van der Waals surface area contributed by atoms with Crippen molar-refractivity contribution < 1.29 is 4.79 Å². The fourth-order valence-corrected chi connectivity index (χ4v) is 4.38. The molecule has 1 aromatic heterocycles. The van der Waals surface area contributed by atoms with Crippen LogP contribution in [0.4, 0.5) is 5.69 Å². The Labute approximate surface area is 155 Å². The number of fused-ring (bicyclic) bond motifs is 1. The first-order valence-electron chi connectivity index (χ1n) is 9.80. The number of nitrogens with zero attached hydrogens (tertiary/aromatic N) is 4. The van der Waals surface area contributed by atoms with Gasteiger partial charge in [-0.05, 0) is 50.7 Å². The Hall–Kier alpha value is -2.30. The van der Waals surface area contributed by atoms with Crippen LogP contribution in [0.3, 0.4) is 0 Å². The fourth-order valence-electron chi connectivity index (χ4n) is 4.38. The molecule has 138 valence electrons. The molecule has 0 atom stereocenters. The van der Waals surface area contributed by atoms with E-state index in [1.165, 1.54) is 29.7 Å². The Morgan fingerprint density at radius 2 is 1.81 bits per heavy atom. The maximum Gasteiger partial charge on any atom is 0.272 e. The second-order valence-corrected chi connectivity index (χ2v) is 7.52. The predicted molar refractivity (Wildman–Crippen MR) is 104 cm³/mol. The minimum atomic E-state index is 0.162. The first-order valence-corrected chi connectivity index (χ1v) is 9.80. The van der Waals surface area contributed by atoms with Crippen molar-refractivity contribution >= 4 is 11.6 Å². The SMILES string of the molecule is Cc1ccccc1N1CCCN(C(=O)c2c3c(nn2C)CCCC3)CC1. The number of rotatable bonds is 2. The van der Waals surface area contributed by atoms with Gasteiger partial charge in [-0.3, -0.25) is 9.48 Å². The third-order valence-corrected chi connectivity index (χ3v) is 5.76. The molecule has 0 N–H and O–H groups in total. The summed E-state index contributed by atoms with van der Waals surface area (Å²) in [6.07, 6.45) is 5.36. The summed E-state index contributed by atoms with van der Waals surface area (Å²) in [6, 6.07) is 8.52. The lowest BCUT2D eigenvalue weighted by Gasteiger charge is -2.25. The Morgan fingerprint density at radius 1 is 1.00 bits per heavy atom. The van der Waals surface area contributed by atoms with E-state index in [1.807, 2.05) is 16.6 Å². The topological polar surface area (TPSA) is 41.4 Å². The summed E-state index contributed by atoms with van der Waals surface area (Å²) in [5.41, 5.74) is 5.75. The van der Waals surface area contributed by atoms with Crippen molar-refractivity contribution in [3.05, 3.63) is 46.8 Å². The number of aromatic nitrogens is 2. The number of aryl methyl sites for hydroxylation is 3. The van der Waals surface area contributed by atoms with Gasteiger partial charge in [0.05, 0.1) is 5.69 Å². The quantitative estimate of drug-likeness (QED) is 0.834. The highest BCUT2D eigenvalue weighted by atomic mass is 16.2. The van der Waals surface area contributed by atoms with Crippen LogP contribution in [-0.4, -0.2) is 46.8 Å². The molecule has 0 radical (unpaired) electrons. The number of hydrogen-bond donors (Lipinski definition) is 0. The summed E-state index contributed by atoms with van der Waals surface area (Å²) in [6.45, 7) is 5.63. The second-order valence-electron chi connectivity index (χ2n) is 7.52. The number of hydrogen-bond acceptors (Lipinski definition) is 3. The highest BCUT2D eigenvalue weighted by Crippen LogP contribution is 2.26. The summed E-state index contributed by atoms with van der Waals surface area (Å²) in [5, 5.41) is 4.62. The molecule has 5 nitrogen and oxygen atoms in total. The minimum absolute atomic E-state index is 0.162. The average molecular weight is 352 g/mol. The second kappa shape index (κ2) is 7.14. The monoisotopic (exact) mass is 352 g/mol. The molecule has 5 heteroatoms. The molecule has 1 aliphatic carbocycles. The maximum absolute atomic E-state index is 13.3. The van der Waals surface area contributed by atoms with E-state index in [0.29, 0.717) is 0 Å². The third-order valence-electron chi connectivity index (χ3n) is 5.76. The predicted octanol–water partition coefficient (Wildman–Crippen LogP) is 2.96. The zero-order valence-corrected chi connectivity index (χ0v) is 15.9. The molecular formula is C21H28N4O. The molecule has 1 saturated heterocycles. The van der Waals surface area contributed by atoms with Gasteiger partial charge in [0.1, 0.15) is 5.69 Å². The Balaban J connectivity index is 1.52. The zero-order chi connectivity index (χ0) is 18.1. The fraction of sp³-hybridized carbons (Fsp3) is 0.524. The summed E-state index contributed by atoms with van der Waals surface area (Å²) in [4.78, 5) is 17.7. The lowest BCUT2D eigenvalue weighted by molar-refractivity contribution is 0.0754. The highest BCUT2D eigenvalue weighted by Gasteiger charge is 2.28. The molecule has 0 spiro atoms. The van der Waals surface area contributed by atoms with Gasteiger partial charge in [-0.15, -0.1) is 0 Å². The van der Waals surface area contributed by atoms with Crippen molar-refractivity contribution in [2.24, 2.45) is 7.05 Å². The Bertz CT molecular complexity index is 810. The van der Waals surface area contributed by atoms with E-state index in [4.69, 9.17) is 0 Å². The van der Waals surface area contributed by atoms with Crippen molar-refractivity contribution in [1.82, 2.24) is 14.7 Å². The summed E-state index contributed by atoms with van der Waals surface area (Å²) < 4.78 is 1.82. The van der Waals surface area contributed by atoms with Crippen molar-refractivity contribution in [3.8, 4) is 0 Å². The molecule has 1 amide bonds. The average Bonchev–Trinajstić information content (AvgIpc) is 2.81. The van der Waals surface area contributed by atoms with Crippen LogP contribution in [0.25, 0.3) is 0 Å². The van der Waals surface area contributed by atoms with E-state index in [0.717, 1.165) is 56.8 Å². The number of carbonyl (C=O) groups excluding carboxylic acids is 1. The number of anilines is 1. The smallest absolute Gasteiger partial charge is 0.272 e. The van der Waals surface area contributed by atoms with E-state index >= 15 is 0 Å². The molecule has 1 aliphatic heterocycles. The first-order chi connectivity index (χ1) is 12.6. The van der Waals surface area contributed by atoms with E-state index in [2.05, 4.69) is 41.2 Å². The van der Waals surface area contributed by atoms with Gasteiger partial charge in [0.2, 0.25) is 0 Å². The van der Waals surface area contributed by atoms with Crippen LogP contribution in [0, 0.1) is 6.92 Å². The standard InChI is InChI=1S/C21H28N4O/c1-16-8-3-6-11-19(16)24-12-7-13-25(15-14-24)21(26)20-17-9-4-5-10-18(17)22-23(20)2/h3,6,8,11H,4-5,7,9-10,12-15H2,1-2H3. The van der Waals surface area contributed by atoms with Gasteiger partial charge in [0, 0.05) is 44.5 Å². The summed E-state index contributed by atoms with van der Waals surface area (Å²) >= 11 is 0. The Kier molecular flexibility index (Phi) is 4.70. The number of amides is 1.